The maximum atomic E-state index is 13.0. The number of benzene rings is 3. The first kappa shape index (κ1) is 26.6. The van der Waals surface area contributed by atoms with Gasteiger partial charge in [0.15, 0.2) is 5.82 Å². The molecule has 4 rings (SSSR count). The topological polar surface area (TPSA) is 105 Å². The highest BCUT2D eigenvalue weighted by atomic mass is 79.9. The number of sulfonamides is 1. The minimum absolute atomic E-state index is 0.0280. The third-order valence-electron chi connectivity index (χ3n) is 5.34. The number of hydrogen-bond donors (Lipinski definition) is 1. The molecule has 0 unspecified atom stereocenters. The van der Waals surface area contributed by atoms with Crippen LogP contribution in [0.3, 0.4) is 0 Å². The Bertz CT molecular complexity index is 1460. The van der Waals surface area contributed by atoms with Crippen LogP contribution < -0.4 is 14.2 Å². The van der Waals surface area contributed by atoms with Crippen molar-refractivity contribution in [3.05, 3.63) is 76.8 Å². The van der Waals surface area contributed by atoms with E-state index in [4.69, 9.17) is 14.2 Å². The van der Waals surface area contributed by atoms with Crippen molar-refractivity contribution < 1.29 is 22.6 Å². The minimum atomic E-state index is -3.89. The van der Waals surface area contributed by atoms with E-state index in [-0.39, 0.29) is 16.7 Å². The van der Waals surface area contributed by atoms with Crippen molar-refractivity contribution in [2.45, 2.75) is 18.7 Å². The number of nitrogens with zero attached hydrogens (tertiary/aromatic N) is 3. The number of methoxy groups -OCH3 is 1. The summed E-state index contributed by atoms with van der Waals surface area (Å²) in [5.41, 5.74) is 3.06. The van der Waals surface area contributed by atoms with E-state index in [1.807, 2.05) is 38.1 Å². The Balaban J connectivity index is 1.62. The summed E-state index contributed by atoms with van der Waals surface area (Å²) >= 11 is 3.31. The van der Waals surface area contributed by atoms with E-state index in [2.05, 4.69) is 30.7 Å². The normalized spacial score (nSPS) is 11.4. The number of aromatic nitrogens is 3. The zero-order valence-electron chi connectivity index (χ0n) is 20.6. The Morgan fingerprint density at radius 3 is 2.41 bits per heavy atom. The molecular formula is C26H27BrN4O5S. The molecule has 0 saturated carbocycles. The lowest BCUT2D eigenvalue weighted by molar-refractivity contribution is 0.106. The molecule has 0 saturated heterocycles. The molecule has 0 aliphatic rings. The molecule has 3 aromatic carbocycles. The van der Waals surface area contributed by atoms with Crippen molar-refractivity contribution >= 4 is 31.6 Å². The molecule has 0 bridgehead atoms. The second kappa shape index (κ2) is 11.8. The maximum Gasteiger partial charge on any atom is 0.336 e. The van der Waals surface area contributed by atoms with Gasteiger partial charge in [-0.1, -0.05) is 45.8 Å². The van der Waals surface area contributed by atoms with Gasteiger partial charge in [0.1, 0.15) is 17.3 Å². The van der Waals surface area contributed by atoms with Gasteiger partial charge in [0.25, 0.3) is 10.0 Å². The second-order valence-electron chi connectivity index (χ2n) is 7.99. The van der Waals surface area contributed by atoms with Crippen LogP contribution in [0, 0.1) is 6.92 Å². The van der Waals surface area contributed by atoms with Crippen molar-refractivity contribution in [2.24, 2.45) is 0 Å². The Hall–Kier alpha value is -3.41. The fraction of sp³-hybridized carbons (Fsp3) is 0.231. The van der Waals surface area contributed by atoms with E-state index in [1.54, 1.807) is 41.1 Å². The highest BCUT2D eigenvalue weighted by Gasteiger charge is 2.21. The molecule has 1 N–H and O–H groups in total. The molecule has 0 amide bonds. The van der Waals surface area contributed by atoms with Gasteiger partial charge in [-0.05, 0) is 56.3 Å². The van der Waals surface area contributed by atoms with Gasteiger partial charge >= 0.3 is 6.01 Å². The largest absolute Gasteiger partial charge is 0.495 e. The Morgan fingerprint density at radius 2 is 1.73 bits per heavy atom. The molecule has 0 spiro atoms. The number of anilines is 1. The van der Waals surface area contributed by atoms with Crippen molar-refractivity contribution in [3.8, 4) is 28.8 Å². The lowest BCUT2D eigenvalue weighted by atomic mass is 10.1. The smallest absolute Gasteiger partial charge is 0.336 e. The van der Waals surface area contributed by atoms with E-state index >= 15 is 0 Å². The summed E-state index contributed by atoms with van der Waals surface area (Å²) in [5, 5.41) is 4.53. The summed E-state index contributed by atoms with van der Waals surface area (Å²) in [7, 11) is -2.47. The molecule has 0 atom stereocenters. The van der Waals surface area contributed by atoms with Crippen LogP contribution in [0.2, 0.25) is 0 Å². The standard InChI is InChI=1S/C26H27BrN4O5S/c1-4-35-15-16-36-26-28-25(19-7-5-18(2)6-8-19)31(29-26)22-12-10-21(11-13-22)30-37(32,33)24-17-20(27)9-14-23(24)34-3/h5-14,17,30H,4,15-16H2,1-3H3. The van der Waals surface area contributed by atoms with Gasteiger partial charge in [-0.3, -0.25) is 4.72 Å². The zero-order chi connectivity index (χ0) is 26.4. The molecule has 0 radical (unpaired) electrons. The first-order chi connectivity index (χ1) is 17.8. The molecule has 9 nitrogen and oxygen atoms in total. The molecule has 194 valence electrons. The summed E-state index contributed by atoms with van der Waals surface area (Å²) in [6, 6.07) is 19.8. The molecule has 1 aromatic heterocycles. The Morgan fingerprint density at radius 1 is 1.00 bits per heavy atom. The van der Waals surface area contributed by atoms with Crippen LogP contribution in [-0.2, 0) is 14.8 Å². The van der Waals surface area contributed by atoms with Gasteiger partial charge in [-0.15, -0.1) is 5.10 Å². The van der Waals surface area contributed by atoms with E-state index in [0.717, 1.165) is 11.1 Å². The number of hydrogen-bond acceptors (Lipinski definition) is 7. The van der Waals surface area contributed by atoms with Gasteiger partial charge < -0.3 is 14.2 Å². The molecule has 37 heavy (non-hydrogen) atoms. The average molecular weight is 587 g/mol. The Labute approximate surface area is 224 Å². The predicted molar refractivity (Wildman–Crippen MR) is 145 cm³/mol. The lowest BCUT2D eigenvalue weighted by Crippen LogP contribution is -2.14. The van der Waals surface area contributed by atoms with Gasteiger partial charge in [0.05, 0.1) is 19.4 Å². The summed E-state index contributed by atoms with van der Waals surface area (Å²) in [4.78, 5) is 4.61. The van der Waals surface area contributed by atoms with Gasteiger partial charge in [-0.2, -0.15) is 4.98 Å². The van der Waals surface area contributed by atoms with Crippen LogP contribution in [0.4, 0.5) is 5.69 Å². The van der Waals surface area contributed by atoms with E-state index in [9.17, 15) is 8.42 Å². The van der Waals surface area contributed by atoms with E-state index in [0.29, 0.717) is 41.5 Å². The Kier molecular flexibility index (Phi) is 8.47. The first-order valence-corrected chi connectivity index (χ1v) is 13.8. The lowest BCUT2D eigenvalue weighted by Gasteiger charge is -2.13. The molecule has 11 heteroatoms. The van der Waals surface area contributed by atoms with Crippen LogP contribution in [-0.4, -0.2) is 50.1 Å². The summed E-state index contributed by atoms with van der Waals surface area (Å²) in [6.07, 6.45) is 0. The molecule has 4 aromatic rings. The third-order valence-corrected chi connectivity index (χ3v) is 7.24. The number of aryl methyl sites for hydroxylation is 1. The van der Waals surface area contributed by atoms with Crippen molar-refractivity contribution in [3.63, 3.8) is 0 Å². The highest BCUT2D eigenvalue weighted by Crippen LogP contribution is 2.30. The SMILES string of the molecule is CCOCCOc1nc(-c2ccc(C)cc2)n(-c2ccc(NS(=O)(=O)c3cc(Br)ccc3OC)cc2)n1. The number of nitrogens with one attached hydrogen (secondary N) is 1. The molecule has 0 aliphatic carbocycles. The van der Waals surface area contributed by atoms with Gasteiger partial charge in [0, 0.05) is 22.3 Å². The third kappa shape index (κ3) is 6.48. The fourth-order valence-electron chi connectivity index (χ4n) is 3.50. The molecule has 0 fully saturated rings. The van der Waals surface area contributed by atoms with E-state index < -0.39 is 10.0 Å². The second-order valence-corrected chi connectivity index (χ2v) is 10.6. The first-order valence-electron chi connectivity index (χ1n) is 11.5. The monoisotopic (exact) mass is 586 g/mol. The highest BCUT2D eigenvalue weighted by molar-refractivity contribution is 9.10. The minimum Gasteiger partial charge on any atom is -0.495 e. The molecule has 0 aliphatic heterocycles. The van der Waals surface area contributed by atoms with Crippen LogP contribution >= 0.6 is 15.9 Å². The van der Waals surface area contributed by atoms with E-state index in [1.165, 1.54) is 13.2 Å². The molecule has 1 heterocycles. The summed E-state index contributed by atoms with van der Waals surface area (Å²) in [6.45, 7) is 5.29. The van der Waals surface area contributed by atoms with Crippen molar-refractivity contribution in [2.75, 3.05) is 31.7 Å². The number of rotatable bonds is 11. The zero-order valence-corrected chi connectivity index (χ0v) is 23.0. The van der Waals surface area contributed by atoms with Crippen LogP contribution in [0.5, 0.6) is 11.8 Å². The summed E-state index contributed by atoms with van der Waals surface area (Å²) in [5.74, 6) is 0.841. The number of ether oxygens (including phenoxy) is 3. The van der Waals surface area contributed by atoms with Gasteiger partial charge in [0.2, 0.25) is 0 Å². The van der Waals surface area contributed by atoms with Crippen molar-refractivity contribution in [1.82, 2.24) is 14.8 Å². The molecular weight excluding hydrogens is 560 g/mol. The van der Waals surface area contributed by atoms with Crippen molar-refractivity contribution in [1.29, 1.82) is 0 Å². The quantitative estimate of drug-likeness (QED) is 0.240. The van der Waals surface area contributed by atoms with Crippen LogP contribution in [0.1, 0.15) is 12.5 Å². The summed E-state index contributed by atoms with van der Waals surface area (Å²) < 4.78 is 47.2. The van der Waals surface area contributed by atoms with Gasteiger partial charge in [-0.25, -0.2) is 13.1 Å². The van der Waals surface area contributed by atoms with Crippen LogP contribution in [0.15, 0.2) is 76.1 Å². The number of halogens is 1. The average Bonchev–Trinajstić information content (AvgIpc) is 3.31. The predicted octanol–water partition coefficient (Wildman–Crippen LogP) is 5.23. The fourth-order valence-corrected chi connectivity index (χ4v) is 5.27. The maximum absolute atomic E-state index is 13.0. The van der Waals surface area contributed by atoms with Crippen LogP contribution in [0.25, 0.3) is 17.1 Å².